The molecule has 0 spiro atoms. The molecule has 2 heterocycles. The van der Waals surface area contributed by atoms with E-state index in [2.05, 4.69) is 15.7 Å². The molecular weight excluding hydrogens is 292 g/mol. The van der Waals surface area contributed by atoms with Gasteiger partial charge in [0.25, 0.3) is 11.8 Å². The highest BCUT2D eigenvalue weighted by molar-refractivity contribution is 6.10. The number of fused-ring (bicyclic) bond motifs is 1. The third-order valence-corrected chi connectivity index (χ3v) is 3.95. The average molecular weight is 312 g/mol. The molecule has 0 atom stereocenters. The summed E-state index contributed by atoms with van der Waals surface area (Å²) in [5.41, 5.74) is 3.14. The van der Waals surface area contributed by atoms with Gasteiger partial charge in [-0.3, -0.25) is 14.3 Å². The number of carbonyl (C=O) groups is 2. The number of carbonyl (C=O) groups excluding carboxylic acids is 2. The van der Waals surface area contributed by atoms with Crippen LogP contribution in [0.1, 0.15) is 52.9 Å². The molecule has 2 N–H and O–H groups in total. The minimum absolute atomic E-state index is 0.135. The first-order valence-corrected chi connectivity index (χ1v) is 7.53. The second-order valence-corrected chi connectivity index (χ2v) is 6.76. The zero-order valence-corrected chi connectivity index (χ0v) is 13.7. The number of nitrogens with one attached hydrogen (secondary N) is 2. The van der Waals surface area contributed by atoms with E-state index in [1.807, 2.05) is 32.9 Å². The van der Waals surface area contributed by atoms with E-state index in [-0.39, 0.29) is 17.2 Å². The summed E-state index contributed by atoms with van der Waals surface area (Å²) in [6, 6.07) is 7.24. The molecule has 1 aliphatic heterocycles. The zero-order valence-electron chi connectivity index (χ0n) is 13.7. The van der Waals surface area contributed by atoms with Crippen molar-refractivity contribution in [1.82, 2.24) is 15.1 Å². The van der Waals surface area contributed by atoms with Gasteiger partial charge in [0.15, 0.2) is 0 Å². The lowest BCUT2D eigenvalue weighted by Crippen LogP contribution is -2.19. The van der Waals surface area contributed by atoms with Crippen LogP contribution in [-0.2, 0) is 19.0 Å². The van der Waals surface area contributed by atoms with Crippen molar-refractivity contribution in [3.05, 3.63) is 46.8 Å². The van der Waals surface area contributed by atoms with E-state index < -0.39 is 0 Å². The molecule has 6 heteroatoms. The minimum Gasteiger partial charge on any atom is -0.348 e. The molecular formula is C17H20N4O2. The highest BCUT2D eigenvalue weighted by Gasteiger charge is 2.25. The first kappa shape index (κ1) is 15.3. The fourth-order valence-corrected chi connectivity index (χ4v) is 2.62. The molecule has 1 aromatic carbocycles. The van der Waals surface area contributed by atoms with E-state index in [0.717, 1.165) is 11.3 Å². The average Bonchev–Trinajstić information content (AvgIpc) is 3.03. The molecule has 2 amide bonds. The van der Waals surface area contributed by atoms with Gasteiger partial charge in [-0.1, -0.05) is 32.9 Å². The van der Waals surface area contributed by atoms with Gasteiger partial charge in [-0.15, -0.1) is 0 Å². The van der Waals surface area contributed by atoms with Gasteiger partial charge in [0, 0.05) is 19.0 Å². The lowest BCUT2D eigenvalue weighted by molar-refractivity contribution is 0.0966. The molecule has 0 saturated carbocycles. The highest BCUT2D eigenvalue weighted by atomic mass is 16.2. The monoisotopic (exact) mass is 312 g/mol. The zero-order chi connectivity index (χ0) is 16.8. The molecule has 1 aliphatic rings. The van der Waals surface area contributed by atoms with E-state index in [9.17, 15) is 9.59 Å². The fraction of sp³-hybridized carbons (Fsp3) is 0.353. The number of nitrogens with zero attached hydrogens (tertiary/aromatic N) is 2. The van der Waals surface area contributed by atoms with Crippen molar-refractivity contribution in [1.29, 1.82) is 0 Å². The molecule has 0 radical (unpaired) electrons. The van der Waals surface area contributed by atoms with Gasteiger partial charge in [-0.05, 0) is 17.7 Å². The van der Waals surface area contributed by atoms with E-state index in [1.54, 1.807) is 23.9 Å². The van der Waals surface area contributed by atoms with E-state index in [1.165, 1.54) is 0 Å². The second kappa shape index (κ2) is 5.22. The number of hydrogen-bond acceptors (Lipinski definition) is 3. The van der Waals surface area contributed by atoms with Gasteiger partial charge < -0.3 is 10.6 Å². The Morgan fingerprint density at radius 1 is 1.35 bits per heavy atom. The Kier molecular flexibility index (Phi) is 3.47. The molecule has 23 heavy (non-hydrogen) atoms. The van der Waals surface area contributed by atoms with Crippen LogP contribution in [0, 0.1) is 0 Å². The van der Waals surface area contributed by atoms with Gasteiger partial charge in [-0.25, -0.2) is 0 Å². The van der Waals surface area contributed by atoms with E-state index >= 15 is 0 Å². The second-order valence-electron chi connectivity index (χ2n) is 6.76. The number of hydrogen-bond donors (Lipinski definition) is 2. The molecule has 0 aliphatic carbocycles. The standard InChI is InChI=1S/C17H20N4O2/c1-17(2,3)13-8-12(21(4)20-13)15(22)19-11-7-5-6-10-9-18-16(23)14(10)11/h5-8H,9H2,1-4H3,(H,18,23)(H,19,22). The Labute approximate surface area is 134 Å². The molecule has 3 rings (SSSR count). The molecule has 6 nitrogen and oxygen atoms in total. The molecule has 0 bridgehead atoms. The van der Waals surface area contributed by atoms with Crippen molar-refractivity contribution in [3.63, 3.8) is 0 Å². The SMILES string of the molecule is Cn1nc(C(C)(C)C)cc1C(=O)Nc1cccc2c1C(=O)NC2. The van der Waals surface area contributed by atoms with Crippen LogP contribution in [0.15, 0.2) is 24.3 Å². The van der Waals surface area contributed by atoms with E-state index in [0.29, 0.717) is 23.5 Å². The summed E-state index contributed by atoms with van der Waals surface area (Å²) in [5, 5.41) is 10.0. The number of amides is 2. The Balaban J connectivity index is 1.91. The number of rotatable bonds is 2. The van der Waals surface area contributed by atoms with Crippen molar-refractivity contribution in [3.8, 4) is 0 Å². The minimum atomic E-state index is -0.274. The molecule has 0 fully saturated rings. The van der Waals surface area contributed by atoms with Gasteiger partial charge in [0.05, 0.1) is 16.9 Å². The summed E-state index contributed by atoms with van der Waals surface area (Å²) >= 11 is 0. The van der Waals surface area contributed by atoms with Crippen LogP contribution in [0.3, 0.4) is 0 Å². The number of benzene rings is 1. The largest absolute Gasteiger partial charge is 0.348 e. The van der Waals surface area contributed by atoms with Crippen LogP contribution in [0.5, 0.6) is 0 Å². The smallest absolute Gasteiger partial charge is 0.273 e. The number of aryl methyl sites for hydroxylation is 1. The van der Waals surface area contributed by atoms with Crippen LogP contribution in [-0.4, -0.2) is 21.6 Å². The molecule has 120 valence electrons. The maximum atomic E-state index is 12.6. The van der Waals surface area contributed by atoms with Crippen molar-refractivity contribution in [2.24, 2.45) is 7.05 Å². The molecule has 2 aromatic rings. The summed E-state index contributed by atoms with van der Waals surface area (Å²) in [4.78, 5) is 24.5. The Morgan fingerprint density at radius 2 is 2.09 bits per heavy atom. The summed E-state index contributed by atoms with van der Waals surface area (Å²) in [7, 11) is 1.74. The van der Waals surface area contributed by atoms with Gasteiger partial charge in [0.1, 0.15) is 5.69 Å². The summed E-state index contributed by atoms with van der Waals surface area (Å²) in [6.45, 7) is 6.64. The van der Waals surface area contributed by atoms with Crippen molar-refractivity contribution in [2.45, 2.75) is 32.7 Å². The maximum absolute atomic E-state index is 12.6. The van der Waals surface area contributed by atoms with Crippen LogP contribution in [0.25, 0.3) is 0 Å². The summed E-state index contributed by atoms with van der Waals surface area (Å²) in [6.07, 6.45) is 0. The van der Waals surface area contributed by atoms with Crippen molar-refractivity contribution in [2.75, 3.05) is 5.32 Å². The molecule has 0 unspecified atom stereocenters. The predicted molar refractivity (Wildman–Crippen MR) is 87.5 cm³/mol. The van der Waals surface area contributed by atoms with Crippen molar-refractivity contribution >= 4 is 17.5 Å². The fourth-order valence-electron chi connectivity index (χ4n) is 2.62. The summed E-state index contributed by atoms with van der Waals surface area (Å²) in [5.74, 6) is -0.431. The normalized spacial score (nSPS) is 13.7. The lowest BCUT2D eigenvalue weighted by atomic mass is 9.92. The van der Waals surface area contributed by atoms with Crippen LogP contribution < -0.4 is 10.6 Å². The van der Waals surface area contributed by atoms with Crippen LogP contribution in [0.4, 0.5) is 5.69 Å². The Morgan fingerprint density at radius 3 is 2.74 bits per heavy atom. The Bertz CT molecular complexity index is 799. The lowest BCUT2D eigenvalue weighted by Gasteiger charge is -2.13. The van der Waals surface area contributed by atoms with E-state index in [4.69, 9.17) is 0 Å². The van der Waals surface area contributed by atoms with Crippen LogP contribution >= 0.6 is 0 Å². The van der Waals surface area contributed by atoms with Crippen LogP contribution in [0.2, 0.25) is 0 Å². The molecule has 0 saturated heterocycles. The summed E-state index contributed by atoms with van der Waals surface area (Å²) < 4.78 is 1.57. The Hall–Kier alpha value is -2.63. The number of anilines is 1. The quantitative estimate of drug-likeness (QED) is 0.892. The topological polar surface area (TPSA) is 76.0 Å². The number of aromatic nitrogens is 2. The van der Waals surface area contributed by atoms with Gasteiger partial charge in [0.2, 0.25) is 0 Å². The molecule has 1 aromatic heterocycles. The third kappa shape index (κ3) is 2.72. The van der Waals surface area contributed by atoms with Gasteiger partial charge in [-0.2, -0.15) is 5.10 Å². The predicted octanol–water partition coefficient (Wildman–Crippen LogP) is 2.21. The van der Waals surface area contributed by atoms with Gasteiger partial charge >= 0.3 is 0 Å². The first-order valence-electron chi connectivity index (χ1n) is 7.53. The third-order valence-electron chi connectivity index (χ3n) is 3.95. The highest BCUT2D eigenvalue weighted by Crippen LogP contribution is 2.25. The first-order chi connectivity index (χ1) is 10.8. The van der Waals surface area contributed by atoms with Crippen molar-refractivity contribution < 1.29 is 9.59 Å². The maximum Gasteiger partial charge on any atom is 0.273 e.